The Bertz CT molecular complexity index is 687. The van der Waals surface area contributed by atoms with Gasteiger partial charge in [-0.2, -0.15) is 5.26 Å². The molecule has 0 saturated carbocycles. The molecule has 0 saturated heterocycles. The summed E-state index contributed by atoms with van der Waals surface area (Å²) < 4.78 is 6.80. The third-order valence-electron chi connectivity index (χ3n) is 3.08. The zero-order chi connectivity index (χ0) is 15.8. The topological polar surface area (TPSA) is 45.4 Å². The third-order valence-corrected chi connectivity index (χ3v) is 3.57. The van der Waals surface area contributed by atoms with Crippen molar-refractivity contribution < 1.29 is 4.74 Å². The zero-order valence-electron chi connectivity index (χ0n) is 12.4. The van der Waals surface area contributed by atoms with Crippen molar-refractivity contribution in [3.05, 3.63) is 58.1 Å². The Morgan fingerprint density at radius 3 is 2.68 bits per heavy atom. The van der Waals surface area contributed by atoms with Gasteiger partial charge in [0.1, 0.15) is 5.75 Å². The van der Waals surface area contributed by atoms with Crippen LogP contribution in [0.5, 0.6) is 5.75 Å². The monoisotopic (exact) mass is 356 g/mol. The van der Waals surface area contributed by atoms with E-state index in [2.05, 4.69) is 33.9 Å². The van der Waals surface area contributed by atoms with E-state index in [1.807, 2.05) is 30.3 Å². The van der Waals surface area contributed by atoms with Gasteiger partial charge < -0.3 is 4.74 Å². The minimum absolute atomic E-state index is 0.631. The summed E-state index contributed by atoms with van der Waals surface area (Å²) in [5.41, 5.74) is 2.37. The van der Waals surface area contributed by atoms with E-state index >= 15 is 0 Å². The molecule has 112 valence electrons. The standard InChI is InChI=1S/C18H17BrN2O/c1-2-3-10-22-18-11-16(19)7-6-15(18)13-21-17-8-4-14(12-20)5-9-17/h4-9,11,13H,2-3,10H2,1H3. The van der Waals surface area contributed by atoms with Crippen molar-refractivity contribution in [3.63, 3.8) is 0 Å². The van der Waals surface area contributed by atoms with Crippen LogP contribution < -0.4 is 4.74 Å². The molecule has 0 aromatic heterocycles. The van der Waals surface area contributed by atoms with E-state index in [1.165, 1.54) is 0 Å². The maximum absolute atomic E-state index is 8.79. The molecule has 22 heavy (non-hydrogen) atoms. The molecular weight excluding hydrogens is 340 g/mol. The highest BCUT2D eigenvalue weighted by Gasteiger charge is 2.03. The molecule has 2 aromatic rings. The number of aliphatic imine (C=N–C) groups is 1. The summed E-state index contributed by atoms with van der Waals surface area (Å²) in [5, 5.41) is 8.79. The molecule has 0 unspecified atom stereocenters. The van der Waals surface area contributed by atoms with Gasteiger partial charge in [-0.1, -0.05) is 29.3 Å². The summed E-state index contributed by atoms with van der Waals surface area (Å²) in [7, 11) is 0. The van der Waals surface area contributed by atoms with Crippen molar-refractivity contribution in [2.75, 3.05) is 6.61 Å². The average Bonchev–Trinajstić information content (AvgIpc) is 2.55. The first-order valence-corrected chi connectivity index (χ1v) is 7.99. The molecule has 0 aliphatic rings. The van der Waals surface area contributed by atoms with Crippen LogP contribution in [0.4, 0.5) is 5.69 Å². The molecule has 3 nitrogen and oxygen atoms in total. The second-order valence-electron chi connectivity index (χ2n) is 4.80. The summed E-state index contributed by atoms with van der Waals surface area (Å²) in [6, 6.07) is 15.1. The van der Waals surface area contributed by atoms with E-state index in [9.17, 15) is 0 Å². The molecule has 0 atom stereocenters. The van der Waals surface area contributed by atoms with Gasteiger partial charge in [0, 0.05) is 16.3 Å². The van der Waals surface area contributed by atoms with E-state index in [1.54, 1.807) is 18.3 Å². The number of hydrogen-bond acceptors (Lipinski definition) is 3. The Hall–Kier alpha value is -2.12. The third kappa shape index (κ3) is 4.71. The first kappa shape index (κ1) is 16.3. The molecule has 0 radical (unpaired) electrons. The van der Waals surface area contributed by atoms with Gasteiger partial charge in [0.15, 0.2) is 0 Å². The van der Waals surface area contributed by atoms with Crippen molar-refractivity contribution >= 4 is 27.8 Å². The second-order valence-corrected chi connectivity index (χ2v) is 5.72. The highest BCUT2D eigenvalue weighted by molar-refractivity contribution is 9.10. The molecule has 0 N–H and O–H groups in total. The van der Waals surface area contributed by atoms with E-state index in [0.29, 0.717) is 12.2 Å². The normalized spacial score (nSPS) is 10.6. The van der Waals surface area contributed by atoms with Crippen LogP contribution in [-0.4, -0.2) is 12.8 Å². The number of hydrogen-bond donors (Lipinski definition) is 0. The lowest BCUT2D eigenvalue weighted by Gasteiger charge is -2.09. The number of benzene rings is 2. The van der Waals surface area contributed by atoms with Gasteiger partial charge >= 0.3 is 0 Å². The first-order chi connectivity index (χ1) is 10.7. The first-order valence-electron chi connectivity index (χ1n) is 7.19. The van der Waals surface area contributed by atoms with Crippen molar-refractivity contribution in [1.82, 2.24) is 0 Å². The van der Waals surface area contributed by atoms with Gasteiger partial charge in [-0.05, 0) is 48.9 Å². The maximum Gasteiger partial charge on any atom is 0.129 e. The quantitative estimate of drug-likeness (QED) is 0.524. The number of rotatable bonds is 6. The fourth-order valence-corrected chi connectivity index (χ4v) is 2.17. The lowest BCUT2D eigenvalue weighted by molar-refractivity contribution is 0.309. The summed E-state index contributed by atoms with van der Waals surface area (Å²) in [6.07, 6.45) is 3.91. The van der Waals surface area contributed by atoms with Crippen LogP contribution in [0.1, 0.15) is 30.9 Å². The minimum atomic E-state index is 0.631. The van der Waals surface area contributed by atoms with Gasteiger partial charge in [0.2, 0.25) is 0 Å². The molecule has 0 bridgehead atoms. The fraction of sp³-hybridized carbons (Fsp3) is 0.222. The van der Waals surface area contributed by atoms with Crippen molar-refractivity contribution in [2.45, 2.75) is 19.8 Å². The summed E-state index contributed by atoms with van der Waals surface area (Å²) >= 11 is 3.46. The molecule has 2 aromatic carbocycles. The van der Waals surface area contributed by atoms with Gasteiger partial charge in [-0.15, -0.1) is 0 Å². The van der Waals surface area contributed by atoms with Crippen LogP contribution in [0.2, 0.25) is 0 Å². The van der Waals surface area contributed by atoms with E-state index in [4.69, 9.17) is 10.00 Å². The molecule has 0 spiro atoms. The Balaban J connectivity index is 2.16. The molecule has 0 aliphatic heterocycles. The van der Waals surface area contributed by atoms with Gasteiger partial charge in [-0.25, -0.2) is 0 Å². The molecule has 0 aliphatic carbocycles. The highest BCUT2D eigenvalue weighted by Crippen LogP contribution is 2.23. The maximum atomic E-state index is 8.79. The zero-order valence-corrected chi connectivity index (χ0v) is 14.0. The summed E-state index contributed by atoms with van der Waals surface area (Å²) in [6.45, 7) is 2.84. The van der Waals surface area contributed by atoms with E-state index in [-0.39, 0.29) is 0 Å². The highest BCUT2D eigenvalue weighted by atomic mass is 79.9. The van der Waals surface area contributed by atoms with Gasteiger partial charge in [0.25, 0.3) is 0 Å². The lowest BCUT2D eigenvalue weighted by Crippen LogP contribution is -1.99. The SMILES string of the molecule is CCCCOc1cc(Br)ccc1C=Nc1ccc(C#N)cc1. The fourth-order valence-electron chi connectivity index (χ4n) is 1.83. The lowest BCUT2D eigenvalue weighted by atomic mass is 10.2. The van der Waals surface area contributed by atoms with Crippen LogP contribution in [0.3, 0.4) is 0 Å². The van der Waals surface area contributed by atoms with Gasteiger partial charge in [-0.3, -0.25) is 4.99 Å². The van der Waals surface area contributed by atoms with Crippen LogP contribution in [0.15, 0.2) is 51.9 Å². The predicted octanol–water partition coefficient (Wildman–Crippen LogP) is 5.25. The molecule has 4 heteroatoms. The molecule has 2 rings (SSSR count). The van der Waals surface area contributed by atoms with Crippen LogP contribution >= 0.6 is 15.9 Å². The van der Waals surface area contributed by atoms with Crippen LogP contribution in [0, 0.1) is 11.3 Å². The van der Waals surface area contributed by atoms with Crippen LogP contribution in [0.25, 0.3) is 0 Å². The second kappa shape index (κ2) is 8.35. The predicted molar refractivity (Wildman–Crippen MR) is 93.0 cm³/mol. The number of nitriles is 1. The largest absolute Gasteiger partial charge is 0.493 e. The average molecular weight is 357 g/mol. The Labute approximate surface area is 139 Å². The van der Waals surface area contributed by atoms with E-state index < -0.39 is 0 Å². The molecule has 0 heterocycles. The Kier molecular flexibility index (Phi) is 6.17. The smallest absolute Gasteiger partial charge is 0.129 e. The number of unbranched alkanes of at least 4 members (excludes halogenated alkanes) is 1. The van der Waals surface area contributed by atoms with Crippen LogP contribution in [-0.2, 0) is 0 Å². The number of ether oxygens (including phenoxy) is 1. The van der Waals surface area contributed by atoms with E-state index in [0.717, 1.165) is 34.3 Å². The minimum Gasteiger partial charge on any atom is -0.493 e. The van der Waals surface area contributed by atoms with Crippen molar-refractivity contribution in [2.24, 2.45) is 4.99 Å². The molecule has 0 amide bonds. The Morgan fingerprint density at radius 1 is 1.23 bits per heavy atom. The van der Waals surface area contributed by atoms with Gasteiger partial charge in [0.05, 0.1) is 23.9 Å². The number of halogens is 1. The summed E-state index contributed by atoms with van der Waals surface area (Å²) in [5.74, 6) is 0.820. The Morgan fingerprint density at radius 2 is 2.00 bits per heavy atom. The summed E-state index contributed by atoms with van der Waals surface area (Å²) in [4.78, 5) is 4.44. The molecule has 0 fully saturated rings. The number of nitrogens with zero attached hydrogens (tertiary/aromatic N) is 2. The van der Waals surface area contributed by atoms with Crippen molar-refractivity contribution in [3.8, 4) is 11.8 Å². The van der Waals surface area contributed by atoms with Crippen molar-refractivity contribution in [1.29, 1.82) is 5.26 Å². The molecular formula is C18H17BrN2O.